The lowest BCUT2D eigenvalue weighted by Crippen LogP contribution is -2.57. The molecule has 276 valence electrons. The Morgan fingerprint density at radius 2 is 1.75 bits per heavy atom. The molecule has 1 aliphatic carbocycles. The average Bonchev–Trinajstić information content (AvgIpc) is 3.44. The van der Waals surface area contributed by atoms with Gasteiger partial charge in [-0.15, -0.1) is 11.8 Å². The second-order valence-electron chi connectivity index (χ2n) is 15.9. The molecule has 4 atom stereocenters. The summed E-state index contributed by atoms with van der Waals surface area (Å²) in [6.07, 6.45) is 1.11. The molecule has 5 heterocycles. The number of ether oxygens (including phenoxy) is 3. The molecule has 2 bridgehead atoms. The van der Waals surface area contributed by atoms with E-state index in [1.807, 2.05) is 31.7 Å². The highest BCUT2D eigenvalue weighted by molar-refractivity contribution is 7.99. The van der Waals surface area contributed by atoms with Crippen molar-refractivity contribution in [2.24, 2.45) is 0 Å². The summed E-state index contributed by atoms with van der Waals surface area (Å²) in [5.74, 6) is 0.573. The Kier molecular flexibility index (Phi) is 8.29. The molecule has 1 N–H and O–H groups in total. The lowest BCUT2D eigenvalue weighted by molar-refractivity contribution is 0.0122. The van der Waals surface area contributed by atoms with Gasteiger partial charge < -0.3 is 19.1 Å². The van der Waals surface area contributed by atoms with E-state index in [1.54, 1.807) is 50.3 Å². The second kappa shape index (κ2) is 12.2. The number of hydrogen-bond donors (Lipinski definition) is 1. The van der Waals surface area contributed by atoms with Crippen LogP contribution in [0.4, 0.5) is 24.9 Å². The average molecular weight is 771 g/mol. The third kappa shape index (κ3) is 5.87. The molecule has 3 aliphatic heterocycles. The van der Waals surface area contributed by atoms with Crippen molar-refractivity contribution in [2.75, 3.05) is 36.2 Å². The lowest BCUT2D eigenvalue weighted by atomic mass is 10.0. The zero-order valence-electron chi connectivity index (χ0n) is 30.0. The van der Waals surface area contributed by atoms with Crippen molar-refractivity contribution in [1.29, 1.82) is 0 Å². The van der Waals surface area contributed by atoms with Crippen LogP contribution in [0.5, 0.6) is 0 Å². The van der Waals surface area contributed by atoms with Crippen molar-refractivity contribution in [3.05, 3.63) is 39.5 Å². The molecule has 2 saturated heterocycles. The third-order valence-corrected chi connectivity index (χ3v) is 12.6. The van der Waals surface area contributed by atoms with Crippen molar-refractivity contribution in [1.82, 2.24) is 19.4 Å². The van der Waals surface area contributed by atoms with Crippen LogP contribution in [0, 0.1) is 5.82 Å². The van der Waals surface area contributed by atoms with Gasteiger partial charge in [0.15, 0.2) is 5.13 Å². The molecule has 1 spiro atoms. The van der Waals surface area contributed by atoms with Crippen LogP contribution in [0.3, 0.4) is 0 Å². The van der Waals surface area contributed by atoms with E-state index in [-0.39, 0.29) is 39.8 Å². The molecule has 2 amide bonds. The van der Waals surface area contributed by atoms with E-state index in [4.69, 9.17) is 30.8 Å². The van der Waals surface area contributed by atoms with E-state index in [9.17, 15) is 14.4 Å². The third-order valence-electron chi connectivity index (χ3n) is 10.00. The van der Waals surface area contributed by atoms with E-state index in [0.29, 0.717) is 63.7 Å². The number of hydrogen-bond acceptors (Lipinski definition) is 11. The zero-order valence-corrected chi connectivity index (χ0v) is 32.4. The molecule has 4 aliphatic rings. The quantitative estimate of drug-likeness (QED) is 0.221. The maximum Gasteiger partial charge on any atom is 0.413 e. The van der Waals surface area contributed by atoms with Gasteiger partial charge in [-0.05, 0) is 72.6 Å². The Balaban J connectivity index is 1.26. The first-order valence-electron chi connectivity index (χ1n) is 17.3. The Morgan fingerprint density at radius 3 is 2.38 bits per heavy atom. The largest absolute Gasteiger partial charge is 0.444 e. The summed E-state index contributed by atoms with van der Waals surface area (Å²) in [5, 5.41) is 3.91. The van der Waals surface area contributed by atoms with Gasteiger partial charge in [0.25, 0.3) is 0 Å². The van der Waals surface area contributed by atoms with Crippen LogP contribution in [-0.4, -0.2) is 87.0 Å². The summed E-state index contributed by atoms with van der Waals surface area (Å²) >= 11 is 9.83. The molecular formula is C36H40ClFN6O6S2. The van der Waals surface area contributed by atoms with Gasteiger partial charge in [0, 0.05) is 53.8 Å². The number of thiazole rings is 1. The van der Waals surface area contributed by atoms with Crippen LogP contribution < -0.4 is 15.9 Å². The minimum absolute atomic E-state index is 0.0994. The second-order valence-corrected chi connectivity index (χ2v) is 18.3. The molecular weight excluding hydrogens is 731 g/mol. The van der Waals surface area contributed by atoms with E-state index in [1.165, 1.54) is 6.07 Å². The molecule has 52 heavy (non-hydrogen) atoms. The van der Waals surface area contributed by atoms with Crippen molar-refractivity contribution in [3.8, 4) is 11.1 Å². The van der Waals surface area contributed by atoms with Crippen LogP contribution >= 0.6 is 34.7 Å². The van der Waals surface area contributed by atoms with Crippen LogP contribution in [0.15, 0.2) is 27.9 Å². The molecule has 2 aromatic carbocycles. The van der Waals surface area contributed by atoms with E-state index >= 15 is 4.39 Å². The minimum atomic E-state index is -0.731. The highest BCUT2D eigenvalue weighted by Crippen LogP contribution is 2.57. The fourth-order valence-corrected chi connectivity index (χ4v) is 10.6. The number of fused-ring (bicyclic) bond motifs is 4. The van der Waals surface area contributed by atoms with Gasteiger partial charge in [0.1, 0.15) is 22.8 Å². The first kappa shape index (κ1) is 35.4. The Morgan fingerprint density at radius 1 is 1.06 bits per heavy atom. The number of carbonyl (C=O) groups is 2. The topological polar surface area (TPSA) is 128 Å². The standard InChI is InChI=1S/C36H40ClFN6O6S2/c1-34(2,3)49-32(46)41-30-39-25-19(10-11-22(38)27(25)52-30)24-21(37)12-20-26-28(24)51-16-36(13-23(36)48-7)44(26)31(45)40-29(20)42-14-17-8-9-18(15-42)43(17)33(47)50-35(4,5)6/h10-12,17-18,23H,8-9,13-16H2,1-7H3,(H,39,41,46). The fraction of sp³-hybridized carbons (Fsp3) is 0.528. The van der Waals surface area contributed by atoms with Gasteiger partial charge in [0.05, 0.1) is 44.5 Å². The van der Waals surface area contributed by atoms with Crippen LogP contribution in [0.1, 0.15) is 60.8 Å². The summed E-state index contributed by atoms with van der Waals surface area (Å²) in [6.45, 7) is 11.8. The number of amides is 2. The molecule has 4 unspecified atom stereocenters. The number of carbonyl (C=O) groups excluding carboxylic acids is 2. The van der Waals surface area contributed by atoms with E-state index in [0.717, 1.165) is 29.1 Å². The molecule has 8 rings (SSSR count). The normalized spacial score (nSPS) is 23.8. The molecule has 3 fully saturated rings. The van der Waals surface area contributed by atoms with Gasteiger partial charge in [-0.3, -0.25) is 14.8 Å². The summed E-state index contributed by atoms with van der Waals surface area (Å²) < 4.78 is 34.3. The molecule has 1 saturated carbocycles. The number of aromatic nitrogens is 3. The smallest absolute Gasteiger partial charge is 0.413 e. The summed E-state index contributed by atoms with van der Waals surface area (Å²) in [6, 6.07) is 4.63. The molecule has 12 nitrogen and oxygen atoms in total. The zero-order chi connectivity index (χ0) is 37.1. The molecule has 16 heteroatoms. The maximum atomic E-state index is 15.3. The van der Waals surface area contributed by atoms with Gasteiger partial charge in [-0.25, -0.2) is 23.8 Å². The number of benzene rings is 2. The highest BCUT2D eigenvalue weighted by Gasteiger charge is 2.60. The van der Waals surface area contributed by atoms with Gasteiger partial charge in [0.2, 0.25) is 0 Å². The highest BCUT2D eigenvalue weighted by atomic mass is 35.5. The maximum absolute atomic E-state index is 15.3. The van der Waals surface area contributed by atoms with Crippen LogP contribution in [-0.2, 0) is 19.7 Å². The number of nitrogens with zero attached hydrogens (tertiary/aromatic N) is 5. The first-order valence-corrected chi connectivity index (χ1v) is 19.5. The Labute approximate surface area is 312 Å². The number of anilines is 2. The lowest BCUT2D eigenvalue weighted by Gasteiger charge is -2.42. The number of rotatable bonds is 4. The van der Waals surface area contributed by atoms with Gasteiger partial charge in [-0.1, -0.05) is 22.9 Å². The fourth-order valence-electron chi connectivity index (χ4n) is 7.88. The summed E-state index contributed by atoms with van der Waals surface area (Å²) in [7, 11) is 1.65. The SMILES string of the molecule is COC1CC12CSc1c(-c3ccc(F)c4sc(NC(=O)OC(C)(C)C)nc34)c(Cl)cc3c(N4CC5CCC(C4)N5C(=O)OC(C)(C)C)nc(=O)n2c13. The summed E-state index contributed by atoms with van der Waals surface area (Å²) in [5.41, 5.74) is -0.114. The number of halogens is 2. The number of nitrogens with one attached hydrogen (secondary N) is 1. The minimum Gasteiger partial charge on any atom is -0.444 e. The predicted molar refractivity (Wildman–Crippen MR) is 201 cm³/mol. The Bertz CT molecular complexity index is 2220. The van der Waals surface area contributed by atoms with E-state index < -0.39 is 28.7 Å². The van der Waals surface area contributed by atoms with Crippen molar-refractivity contribution in [3.63, 3.8) is 0 Å². The Hall–Kier alpha value is -3.66. The first-order chi connectivity index (χ1) is 24.5. The van der Waals surface area contributed by atoms with Gasteiger partial charge >= 0.3 is 17.9 Å². The predicted octanol–water partition coefficient (Wildman–Crippen LogP) is 7.62. The van der Waals surface area contributed by atoms with Crippen LogP contribution in [0.2, 0.25) is 5.02 Å². The van der Waals surface area contributed by atoms with Crippen molar-refractivity contribution < 1.29 is 28.2 Å². The van der Waals surface area contributed by atoms with Crippen molar-refractivity contribution >= 4 is 79.0 Å². The molecule has 2 aromatic heterocycles. The van der Waals surface area contributed by atoms with E-state index in [2.05, 4.69) is 15.2 Å². The van der Waals surface area contributed by atoms with Crippen molar-refractivity contribution in [2.45, 2.75) is 101 Å². The number of thioether (sulfide) groups is 1. The van der Waals surface area contributed by atoms with Gasteiger partial charge in [-0.2, -0.15) is 4.98 Å². The number of methoxy groups -OCH3 is 1. The molecule has 0 radical (unpaired) electrons. The summed E-state index contributed by atoms with van der Waals surface area (Å²) in [4.78, 5) is 54.2. The monoisotopic (exact) mass is 770 g/mol. The number of piperazine rings is 1. The molecule has 4 aromatic rings. The van der Waals surface area contributed by atoms with Crippen LogP contribution in [0.25, 0.3) is 32.2 Å².